The number of aryl methyl sites for hydroxylation is 1. The van der Waals surface area contributed by atoms with E-state index in [2.05, 4.69) is 22.1 Å². The molecular weight excluding hydrogens is 432 g/mol. The molecule has 2 aromatic carbocycles. The molecule has 0 saturated carbocycles. The molecule has 1 heterocycles. The summed E-state index contributed by atoms with van der Waals surface area (Å²) in [6.45, 7) is 8.73. The van der Waals surface area contributed by atoms with Crippen LogP contribution in [0.4, 0.5) is 0 Å². The molecule has 1 amide bonds. The van der Waals surface area contributed by atoms with Crippen LogP contribution in [-0.4, -0.2) is 26.4 Å². The van der Waals surface area contributed by atoms with E-state index in [0.29, 0.717) is 29.1 Å². The number of ether oxygens (including phenoxy) is 1. The highest BCUT2D eigenvalue weighted by Crippen LogP contribution is 2.26. The van der Waals surface area contributed by atoms with E-state index in [1.54, 1.807) is 18.2 Å². The first kappa shape index (κ1) is 22.9. The highest BCUT2D eigenvalue weighted by Gasteiger charge is 2.20. The molecule has 0 saturated heterocycles. The van der Waals surface area contributed by atoms with E-state index in [9.17, 15) is 4.79 Å². The largest absolute Gasteiger partial charge is 0.482 e. The van der Waals surface area contributed by atoms with Crippen molar-refractivity contribution in [2.45, 2.75) is 38.2 Å². The molecule has 0 radical (unpaired) electrons. The van der Waals surface area contributed by atoms with Gasteiger partial charge in [0.25, 0.3) is 0 Å². The predicted molar refractivity (Wildman–Crippen MR) is 124 cm³/mol. The molecule has 0 bridgehead atoms. The quantitative estimate of drug-likeness (QED) is 0.344. The number of para-hydroxylation sites is 1. The van der Waals surface area contributed by atoms with Crippen molar-refractivity contribution in [3.63, 3.8) is 0 Å². The Morgan fingerprint density at radius 3 is 2.71 bits per heavy atom. The van der Waals surface area contributed by atoms with E-state index in [4.69, 9.17) is 16.3 Å². The number of hydrogen-bond donors (Lipinski definition) is 1. The molecule has 6 nitrogen and oxygen atoms in total. The second kappa shape index (κ2) is 11.0. The Morgan fingerprint density at radius 2 is 2.00 bits per heavy atom. The van der Waals surface area contributed by atoms with Gasteiger partial charge in [0.1, 0.15) is 5.75 Å². The van der Waals surface area contributed by atoms with Crippen LogP contribution >= 0.6 is 23.4 Å². The molecule has 8 heteroatoms. The zero-order valence-corrected chi connectivity index (χ0v) is 19.1. The van der Waals surface area contributed by atoms with Crippen molar-refractivity contribution in [2.75, 3.05) is 5.75 Å². The van der Waals surface area contributed by atoms with Crippen molar-refractivity contribution in [1.82, 2.24) is 20.1 Å². The lowest BCUT2D eigenvalue weighted by molar-refractivity contribution is -0.118. The molecule has 0 spiro atoms. The normalized spacial score (nSPS) is 11.7. The number of allylic oxidation sites excluding steroid dienone is 1. The molecule has 1 N–H and O–H groups in total. The lowest BCUT2D eigenvalue weighted by Gasteiger charge is -2.17. The van der Waals surface area contributed by atoms with Crippen LogP contribution in [-0.2, 0) is 17.9 Å². The SMILES string of the molecule is C=CCn1c(SCC(=O)NCc2ccc(Cl)cc2)nnc1C(C)Oc1ccccc1C. The number of nitrogens with one attached hydrogen (secondary N) is 1. The zero-order valence-electron chi connectivity index (χ0n) is 17.5. The summed E-state index contributed by atoms with van der Waals surface area (Å²) in [4.78, 5) is 12.3. The predicted octanol–water partition coefficient (Wildman–Crippen LogP) is 4.97. The second-order valence-corrected chi connectivity index (χ2v) is 8.34. The van der Waals surface area contributed by atoms with Crippen LogP contribution in [0.1, 0.15) is 30.0 Å². The summed E-state index contributed by atoms with van der Waals surface area (Å²) < 4.78 is 8.02. The van der Waals surface area contributed by atoms with Crippen LogP contribution in [0.5, 0.6) is 5.75 Å². The van der Waals surface area contributed by atoms with Gasteiger partial charge in [-0.2, -0.15) is 0 Å². The Kier molecular flexibility index (Phi) is 8.14. The molecule has 0 aliphatic heterocycles. The van der Waals surface area contributed by atoms with Crippen LogP contribution in [0.3, 0.4) is 0 Å². The topological polar surface area (TPSA) is 69.0 Å². The molecular formula is C23H25ClN4O2S. The van der Waals surface area contributed by atoms with Gasteiger partial charge in [-0.1, -0.05) is 59.8 Å². The zero-order chi connectivity index (χ0) is 22.2. The van der Waals surface area contributed by atoms with Crippen LogP contribution in [0.2, 0.25) is 5.02 Å². The number of aromatic nitrogens is 3. The number of benzene rings is 2. The first-order chi connectivity index (χ1) is 15.0. The standard InChI is InChI=1S/C23H25ClN4O2S/c1-4-13-28-22(17(3)30-20-8-6-5-7-16(20)2)26-27-23(28)31-15-21(29)25-14-18-9-11-19(24)12-10-18/h4-12,17H,1,13-15H2,2-3H3,(H,25,29). The number of halogens is 1. The molecule has 3 rings (SSSR count). The third kappa shape index (κ3) is 6.35. The summed E-state index contributed by atoms with van der Waals surface area (Å²) >= 11 is 7.22. The van der Waals surface area contributed by atoms with E-state index < -0.39 is 0 Å². The van der Waals surface area contributed by atoms with E-state index in [-0.39, 0.29) is 17.8 Å². The van der Waals surface area contributed by atoms with Crippen molar-refractivity contribution in [3.05, 3.63) is 83.2 Å². The molecule has 31 heavy (non-hydrogen) atoms. The van der Waals surface area contributed by atoms with E-state index in [1.165, 1.54) is 11.8 Å². The molecule has 1 unspecified atom stereocenters. The average molecular weight is 457 g/mol. The fourth-order valence-corrected chi connectivity index (χ4v) is 3.83. The number of hydrogen-bond acceptors (Lipinski definition) is 5. The van der Waals surface area contributed by atoms with Crippen molar-refractivity contribution in [1.29, 1.82) is 0 Å². The summed E-state index contributed by atoms with van der Waals surface area (Å²) in [5.41, 5.74) is 2.04. The van der Waals surface area contributed by atoms with Crippen molar-refractivity contribution < 1.29 is 9.53 Å². The lowest BCUT2D eigenvalue weighted by atomic mass is 10.2. The summed E-state index contributed by atoms with van der Waals surface area (Å²) in [6.07, 6.45) is 1.47. The number of rotatable bonds is 10. The molecule has 1 atom stereocenters. The van der Waals surface area contributed by atoms with Gasteiger partial charge in [0, 0.05) is 18.1 Å². The first-order valence-electron chi connectivity index (χ1n) is 9.88. The highest BCUT2D eigenvalue weighted by atomic mass is 35.5. The third-order valence-corrected chi connectivity index (χ3v) is 5.77. The molecule has 0 aliphatic rings. The average Bonchev–Trinajstić information content (AvgIpc) is 3.16. The minimum Gasteiger partial charge on any atom is -0.482 e. The third-order valence-electron chi connectivity index (χ3n) is 4.55. The monoisotopic (exact) mass is 456 g/mol. The van der Waals surface area contributed by atoms with Gasteiger partial charge in [-0.15, -0.1) is 16.8 Å². The number of carbonyl (C=O) groups excluding carboxylic acids is 1. The first-order valence-corrected chi connectivity index (χ1v) is 11.2. The van der Waals surface area contributed by atoms with Crippen molar-refractivity contribution in [2.24, 2.45) is 0 Å². The van der Waals surface area contributed by atoms with E-state index in [1.807, 2.05) is 54.8 Å². The van der Waals surface area contributed by atoms with Crippen LogP contribution in [0, 0.1) is 6.92 Å². The van der Waals surface area contributed by atoms with Crippen LogP contribution in [0.15, 0.2) is 66.3 Å². The van der Waals surface area contributed by atoms with Crippen LogP contribution < -0.4 is 10.1 Å². The van der Waals surface area contributed by atoms with Gasteiger partial charge in [-0.05, 0) is 43.2 Å². The molecule has 1 aromatic heterocycles. The smallest absolute Gasteiger partial charge is 0.230 e. The summed E-state index contributed by atoms with van der Waals surface area (Å²) in [5.74, 6) is 1.64. The van der Waals surface area contributed by atoms with Gasteiger partial charge in [-0.3, -0.25) is 9.36 Å². The summed E-state index contributed by atoms with van der Waals surface area (Å²) in [5, 5.41) is 12.8. The Hall–Kier alpha value is -2.77. The number of amides is 1. The summed E-state index contributed by atoms with van der Waals surface area (Å²) in [6, 6.07) is 15.2. The minimum absolute atomic E-state index is 0.0844. The van der Waals surface area contributed by atoms with Crippen molar-refractivity contribution in [3.8, 4) is 5.75 Å². The molecule has 0 aliphatic carbocycles. The Labute approximate surface area is 191 Å². The Morgan fingerprint density at radius 1 is 1.26 bits per heavy atom. The van der Waals surface area contributed by atoms with Gasteiger partial charge in [0.05, 0.1) is 5.75 Å². The Balaban J connectivity index is 1.61. The fraction of sp³-hybridized carbons (Fsp3) is 0.261. The molecule has 3 aromatic rings. The number of carbonyl (C=O) groups is 1. The van der Waals surface area contributed by atoms with Gasteiger partial charge < -0.3 is 10.1 Å². The van der Waals surface area contributed by atoms with Gasteiger partial charge in [0.2, 0.25) is 5.91 Å². The van der Waals surface area contributed by atoms with E-state index >= 15 is 0 Å². The number of nitrogens with zero attached hydrogens (tertiary/aromatic N) is 3. The fourth-order valence-electron chi connectivity index (χ4n) is 2.92. The Bertz CT molecular complexity index is 1040. The maximum absolute atomic E-state index is 12.3. The maximum Gasteiger partial charge on any atom is 0.230 e. The molecule has 162 valence electrons. The number of thioether (sulfide) groups is 1. The molecule has 0 fully saturated rings. The summed E-state index contributed by atoms with van der Waals surface area (Å²) in [7, 11) is 0. The van der Waals surface area contributed by atoms with Crippen molar-refractivity contribution >= 4 is 29.3 Å². The van der Waals surface area contributed by atoms with E-state index in [0.717, 1.165) is 16.9 Å². The van der Waals surface area contributed by atoms with Gasteiger partial charge >= 0.3 is 0 Å². The van der Waals surface area contributed by atoms with Gasteiger partial charge in [0.15, 0.2) is 17.1 Å². The van der Waals surface area contributed by atoms with Gasteiger partial charge in [-0.25, -0.2) is 0 Å². The van der Waals surface area contributed by atoms with Crippen LogP contribution in [0.25, 0.3) is 0 Å². The second-order valence-electron chi connectivity index (χ2n) is 6.96. The lowest BCUT2D eigenvalue weighted by Crippen LogP contribution is -2.24. The highest BCUT2D eigenvalue weighted by molar-refractivity contribution is 7.99. The minimum atomic E-state index is -0.304. The maximum atomic E-state index is 12.3.